The number of benzene rings is 1. The number of halogens is 1. The highest BCUT2D eigenvalue weighted by Gasteiger charge is 2.08. The molecule has 2 N–H and O–H groups in total. The Hall–Kier alpha value is -2.07. The van der Waals surface area contributed by atoms with Crippen LogP contribution < -0.4 is 5.32 Å². The number of nitrogens with zero attached hydrogens (tertiary/aromatic N) is 1. The number of carbonyl (C=O) groups excluding carboxylic acids is 1. The van der Waals surface area contributed by atoms with E-state index in [2.05, 4.69) is 10.3 Å². The van der Waals surface area contributed by atoms with Crippen LogP contribution >= 0.6 is 11.6 Å². The Bertz CT molecular complexity index is 599. The van der Waals surface area contributed by atoms with Gasteiger partial charge in [-0.05, 0) is 30.7 Å². The summed E-state index contributed by atoms with van der Waals surface area (Å²) in [5.74, 6) is -0.400. The highest BCUT2D eigenvalue weighted by atomic mass is 35.5. The molecule has 1 aromatic carbocycles. The molecule has 5 heteroatoms. The number of aromatic hydroxyl groups is 1. The van der Waals surface area contributed by atoms with Crippen LogP contribution in [0.3, 0.4) is 0 Å². The quantitative estimate of drug-likeness (QED) is 0.875. The first-order chi connectivity index (χ1) is 8.56. The zero-order chi connectivity index (χ0) is 13.1. The Balaban J connectivity index is 2.18. The monoisotopic (exact) mass is 262 g/mol. The van der Waals surface area contributed by atoms with Crippen LogP contribution in [0, 0.1) is 6.92 Å². The number of carbonyl (C=O) groups is 1. The smallest absolute Gasteiger partial charge is 0.257 e. The van der Waals surface area contributed by atoms with E-state index in [1.54, 1.807) is 12.1 Å². The molecule has 0 spiro atoms. The van der Waals surface area contributed by atoms with Crippen LogP contribution in [0.4, 0.5) is 5.69 Å². The number of rotatable bonds is 2. The maximum absolute atomic E-state index is 11.9. The second-order valence-corrected chi connectivity index (χ2v) is 4.26. The molecular formula is C13H11ClN2O2. The van der Waals surface area contributed by atoms with E-state index in [1.165, 1.54) is 18.5 Å². The predicted molar refractivity (Wildman–Crippen MR) is 70.0 cm³/mol. The third kappa shape index (κ3) is 2.78. The van der Waals surface area contributed by atoms with Crippen LogP contribution in [0.1, 0.15) is 15.9 Å². The van der Waals surface area contributed by atoms with Gasteiger partial charge >= 0.3 is 0 Å². The molecule has 0 saturated heterocycles. The van der Waals surface area contributed by atoms with Crippen molar-refractivity contribution >= 4 is 23.2 Å². The fourth-order valence-corrected chi connectivity index (χ4v) is 1.61. The summed E-state index contributed by atoms with van der Waals surface area (Å²) in [6, 6.07) is 6.59. The molecule has 0 aliphatic carbocycles. The Morgan fingerprint density at radius 3 is 2.78 bits per heavy atom. The van der Waals surface area contributed by atoms with Gasteiger partial charge in [-0.1, -0.05) is 17.7 Å². The van der Waals surface area contributed by atoms with E-state index in [-0.39, 0.29) is 17.2 Å². The molecule has 1 amide bonds. The van der Waals surface area contributed by atoms with Gasteiger partial charge in [0, 0.05) is 16.9 Å². The van der Waals surface area contributed by atoms with Gasteiger partial charge in [-0.25, -0.2) is 0 Å². The molecule has 0 saturated carbocycles. The number of nitrogens with one attached hydrogen (secondary N) is 1. The molecule has 0 aliphatic heterocycles. The summed E-state index contributed by atoms with van der Waals surface area (Å²) in [7, 11) is 0. The fourth-order valence-electron chi connectivity index (χ4n) is 1.43. The second-order valence-electron chi connectivity index (χ2n) is 3.85. The number of aromatic nitrogens is 1. The largest absolute Gasteiger partial charge is 0.506 e. The van der Waals surface area contributed by atoms with Crippen molar-refractivity contribution in [2.24, 2.45) is 0 Å². The summed E-state index contributed by atoms with van der Waals surface area (Å²) in [6.07, 6.45) is 2.64. The van der Waals surface area contributed by atoms with Crippen molar-refractivity contribution in [2.75, 3.05) is 5.32 Å². The molecule has 0 bridgehead atoms. The maximum Gasteiger partial charge on any atom is 0.257 e. The van der Waals surface area contributed by atoms with Crippen LogP contribution in [-0.4, -0.2) is 16.0 Å². The Kier molecular flexibility index (Phi) is 3.48. The molecule has 0 fully saturated rings. The van der Waals surface area contributed by atoms with Crippen LogP contribution in [0.2, 0.25) is 5.02 Å². The molecule has 1 heterocycles. The van der Waals surface area contributed by atoms with Gasteiger partial charge in [-0.15, -0.1) is 0 Å². The van der Waals surface area contributed by atoms with E-state index in [0.717, 1.165) is 5.56 Å². The van der Waals surface area contributed by atoms with E-state index in [9.17, 15) is 9.90 Å². The molecule has 2 rings (SSSR count). The molecule has 0 aliphatic rings. The summed E-state index contributed by atoms with van der Waals surface area (Å²) in [5, 5.41) is 12.5. The zero-order valence-electron chi connectivity index (χ0n) is 9.64. The summed E-state index contributed by atoms with van der Waals surface area (Å²) >= 11 is 5.96. The standard InChI is InChI=1S/C13H11ClN2O2/c1-8-2-3-10(5-12(8)14)16-13(18)9-4-11(17)7-15-6-9/h2-7,17H,1H3,(H,16,18). The normalized spacial score (nSPS) is 10.1. The molecule has 1 aromatic heterocycles. The number of aryl methyl sites for hydroxylation is 1. The highest BCUT2D eigenvalue weighted by molar-refractivity contribution is 6.31. The maximum atomic E-state index is 11.9. The van der Waals surface area contributed by atoms with E-state index in [0.29, 0.717) is 10.7 Å². The lowest BCUT2D eigenvalue weighted by atomic mass is 10.2. The summed E-state index contributed by atoms with van der Waals surface area (Å²) in [6.45, 7) is 1.88. The van der Waals surface area contributed by atoms with Gasteiger partial charge in [0.1, 0.15) is 5.75 Å². The predicted octanol–water partition coefficient (Wildman–Crippen LogP) is 3.00. The second kappa shape index (κ2) is 5.06. The van der Waals surface area contributed by atoms with Crippen LogP contribution in [0.25, 0.3) is 0 Å². The summed E-state index contributed by atoms with van der Waals surface area (Å²) in [4.78, 5) is 15.6. The number of amides is 1. The van der Waals surface area contributed by atoms with Crippen LogP contribution in [-0.2, 0) is 0 Å². The van der Waals surface area contributed by atoms with Crippen LogP contribution in [0.5, 0.6) is 5.75 Å². The zero-order valence-corrected chi connectivity index (χ0v) is 10.4. The van der Waals surface area contributed by atoms with Crippen molar-refractivity contribution in [3.63, 3.8) is 0 Å². The van der Waals surface area contributed by atoms with Crippen LogP contribution in [0.15, 0.2) is 36.7 Å². The lowest BCUT2D eigenvalue weighted by Gasteiger charge is -2.06. The molecule has 0 unspecified atom stereocenters. The third-order valence-corrected chi connectivity index (χ3v) is 2.82. The number of pyridine rings is 1. The molecular weight excluding hydrogens is 252 g/mol. The van der Waals surface area contributed by atoms with Gasteiger partial charge < -0.3 is 10.4 Å². The lowest BCUT2D eigenvalue weighted by molar-refractivity contribution is 0.102. The van der Waals surface area contributed by atoms with E-state index < -0.39 is 0 Å². The minimum absolute atomic E-state index is 0.0513. The first-order valence-electron chi connectivity index (χ1n) is 5.28. The first kappa shape index (κ1) is 12.4. The Morgan fingerprint density at radius 2 is 2.11 bits per heavy atom. The molecule has 0 radical (unpaired) electrons. The van der Waals surface area contributed by atoms with Gasteiger partial charge in [0.25, 0.3) is 5.91 Å². The van der Waals surface area contributed by atoms with Crippen molar-refractivity contribution in [3.8, 4) is 5.75 Å². The Labute approximate surface area is 109 Å². The Morgan fingerprint density at radius 1 is 1.33 bits per heavy atom. The number of anilines is 1. The van der Waals surface area contributed by atoms with Gasteiger partial charge in [-0.3, -0.25) is 9.78 Å². The minimum atomic E-state index is -0.349. The van der Waals surface area contributed by atoms with Crippen molar-refractivity contribution in [1.82, 2.24) is 4.98 Å². The average Bonchev–Trinajstić information content (AvgIpc) is 2.34. The van der Waals surface area contributed by atoms with Crippen molar-refractivity contribution in [1.29, 1.82) is 0 Å². The van der Waals surface area contributed by atoms with E-state index in [1.807, 2.05) is 13.0 Å². The van der Waals surface area contributed by atoms with E-state index >= 15 is 0 Å². The topological polar surface area (TPSA) is 62.2 Å². The molecule has 92 valence electrons. The van der Waals surface area contributed by atoms with E-state index in [4.69, 9.17) is 11.6 Å². The fraction of sp³-hybridized carbons (Fsp3) is 0.0769. The summed E-state index contributed by atoms with van der Waals surface area (Å²) < 4.78 is 0. The molecule has 2 aromatic rings. The first-order valence-corrected chi connectivity index (χ1v) is 5.65. The van der Waals surface area contributed by atoms with Gasteiger partial charge in [0.05, 0.1) is 11.8 Å². The van der Waals surface area contributed by atoms with Gasteiger partial charge in [0.15, 0.2) is 0 Å². The molecule has 4 nitrogen and oxygen atoms in total. The third-order valence-electron chi connectivity index (χ3n) is 2.42. The van der Waals surface area contributed by atoms with Crippen molar-refractivity contribution in [2.45, 2.75) is 6.92 Å². The number of hydrogen-bond acceptors (Lipinski definition) is 3. The van der Waals surface area contributed by atoms with Gasteiger partial charge in [-0.2, -0.15) is 0 Å². The van der Waals surface area contributed by atoms with Crippen molar-refractivity contribution in [3.05, 3.63) is 52.8 Å². The molecule has 18 heavy (non-hydrogen) atoms. The minimum Gasteiger partial charge on any atom is -0.506 e. The summed E-state index contributed by atoms with van der Waals surface area (Å²) in [5.41, 5.74) is 1.82. The average molecular weight is 263 g/mol. The number of hydrogen-bond donors (Lipinski definition) is 2. The molecule has 0 atom stereocenters. The van der Waals surface area contributed by atoms with Crippen molar-refractivity contribution < 1.29 is 9.90 Å². The van der Waals surface area contributed by atoms with Gasteiger partial charge in [0.2, 0.25) is 0 Å². The highest BCUT2D eigenvalue weighted by Crippen LogP contribution is 2.20. The SMILES string of the molecule is Cc1ccc(NC(=O)c2cncc(O)c2)cc1Cl. The lowest BCUT2D eigenvalue weighted by Crippen LogP contribution is -2.12.